The number of nitrogens with one attached hydrogen (secondary N) is 2. The maximum absolute atomic E-state index is 12.8. The van der Waals surface area contributed by atoms with Gasteiger partial charge < -0.3 is 10.6 Å². The smallest absolute Gasteiger partial charge is 0.257 e. The average Bonchev–Trinajstić information content (AvgIpc) is 2.62. The summed E-state index contributed by atoms with van der Waals surface area (Å²) in [5, 5.41) is 7.11. The molecule has 0 spiro atoms. The monoisotopic (exact) mass is 384 g/mol. The van der Waals surface area contributed by atoms with E-state index in [-0.39, 0.29) is 5.91 Å². The molecule has 132 valence electrons. The van der Waals surface area contributed by atoms with Gasteiger partial charge in [0.2, 0.25) is 0 Å². The standard InChI is InChI=1S/C21H18Cl2N2O/c1-13-6-5-9-18(14(13)2)24-19-8-4-3-7-16(19)21(26)25-20-11-10-15(22)12-17(20)23/h3-12,24H,1-2H3,(H,25,26). The van der Waals surface area contributed by atoms with Crippen LogP contribution in [0.1, 0.15) is 21.5 Å². The fourth-order valence-electron chi connectivity index (χ4n) is 2.60. The third kappa shape index (κ3) is 4.01. The largest absolute Gasteiger partial charge is 0.355 e. The third-order valence-corrected chi connectivity index (χ3v) is 4.77. The summed E-state index contributed by atoms with van der Waals surface area (Å²) in [6.45, 7) is 4.11. The van der Waals surface area contributed by atoms with Crippen molar-refractivity contribution in [2.24, 2.45) is 0 Å². The summed E-state index contributed by atoms with van der Waals surface area (Å²) >= 11 is 12.1. The fraction of sp³-hybridized carbons (Fsp3) is 0.0952. The molecule has 3 aromatic rings. The summed E-state index contributed by atoms with van der Waals surface area (Å²) in [7, 11) is 0. The molecule has 0 radical (unpaired) electrons. The molecule has 0 saturated heterocycles. The van der Waals surface area contributed by atoms with Crippen LogP contribution in [0.2, 0.25) is 10.0 Å². The molecule has 0 fully saturated rings. The first-order chi connectivity index (χ1) is 12.5. The van der Waals surface area contributed by atoms with Gasteiger partial charge in [-0.2, -0.15) is 0 Å². The highest BCUT2D eigenvalue weighted by Crippen LogP contribution is 2.28. The Labute approximate surface area is 163 Å². The van der Waals surface area contributed by atoms with Crippen LogP contribution in [0, 0.1) is 13.8 Å². The first kappa shape index (κ1) is 18.3. The molecule has 2 N–H and O–H groups in total. The molecular weight excluding hydrogens is 367 g/mol. The van der Waals surface area contributed by atoms with E-state index in [0.29, 0.717) is 21.3 Å². The predicted molar refractivity (Wildman–Crippen MR) is 110 cm³/mol. The molecule has 0 unspecified atom stereocenters. The quantitative estimate of drug-likeness (QED) is 0.531. The van der Waals surface area contributed by atoms with Crippen molar-refractivity contribution >= 4 is 46.2 Å². The van der Waals surface area contributed by atoms with Crippen LogP contribution in [0.3, 0.4) is 0 Å². The number of carbonyl (C=O) groups excluding carboxylic acids is 1. The maximum Gasteiger partial charge on any atom is 0.257 e. The molecule has 0 aliphatic rings. The summed E-state index contributed by atoms with van der Waals surface area (Å²) in [6, 6.07) is 18.4. The minimum Gasteiger partial charge on any atom is -0.355 e. The highest BCUT2D eigenvalue weighted by molar-refractivity contribution is 6.36. The van der Waals surface area contributed by atoms with Gasteiger partial charge in [0.15, 0.2) is 0 Å². The molecule has 0 aliphatic heterocycles. The van der Waals surface area contributed by atoms with E-state index in [2.05, 4.69) is 23.6 Å². The minimum atomic E-state index is -0.248. The van der Waals surface area contributed by atoms with Crippen LogP contribution in [-0.2, 0) is 0 Å². The third-order valence-electron chi connectivity index (χ3n) is 4.22. The molecule has 0 atom stereocenters. The fourth-order valence-corrected chi connectivity index (χ4v) is 3.06. The van der Waals surface area contributed by atoms with E-state index in [1.165, 1.54) is 5.56 Å². The van der Waals surface area contributed by atoms with E-state index >= 15 is 0 Å². The van der Waals surface area contributed by atoms with E-state index < -0.39 is 0 Å². The Bertz CT molecular complexity index is 970. The van der Waals surface area contributed by atoms with Crippen molar-refractivity contribution < 1.29 is 4.79 Å². The lowest BCUT2D eigenvalue weighted by molar-refractivity contribution is 0.102. The molecule has 3 aromatic carbocycles. The SMILES string of the molecule is Cc1cccc(Nc2ccccc2C(=O)Nc2ccc(Cl)cc2Cl)c1C. The number of para-hydroxylation sites is 1. The van der Waals surface area contributed by atoms with E-state index in [1.54, 1.807) is 24.3 Å². The Balaban J connectivity index is 1.89. The number of hydrogen-bond acceptors (Lipinski definition) is 2. The summed E-state index contributed by atoms with van der Waals surface area (Å²) in [4.78, 5) is 12.8. The van der Waals surface area contributed by atoms with Gasteiger partial charge in [-0.15, -0.1) is 0 Å². The molecule has 1 amide bonds. The van der Waals surface area contributed by atoms with E-state index in [4.69, 9.17) is 23.2 Å². The molecule has 26 heavy (non-hydrogen) atoms. The van der Waals surface area contributed by atoms with Gasteiger partial charge in [-0.25, -0.2) is 0 Å². The summed E-state index contributed by atoms with van der Waals surface area (Å²) < 4.78 is 0. The Morgan fingerprint density at radius 3 is 2.35 bits per heavy atom. The van der Waals surface area contributed by atoms with Gasteiger partial charge in [-0.3, -0.25) is 4.79 Å². The normalized spacial score (nSPS) is 10.5. The van der Waals surface area contributed by atoms with Crippen LogP contribution in [0.4, 0.5) is 17.1 Å². The molecule has 0 aromatic heterocycles. The number of anilines is 3. The predicted octanol–water partition coefficient (Wildman–Crippen LogP) is 6.61. The molecular formula is C21H18Cl2N2O. The lowest BCUT2D eigenvalue weighted by atomic mass is 10.1. The Hall–Kier alpha value is -2.49. The highest BCUT2D eigenvalue weighted by atomic mass is 35.5. The van der Waals surface area contributed by atoms with E-state index in [0.717, 1.165) is 16.9 Å². The van der Waals surface area contributed by atoms with Crippen LogP contribution >= 0.6 is 23.2 Å². The van der Waals surface area contributed by atoms with Gasteiger partial charge in [0.1, 0.15) is 0 Å². The van der Waals surface area contributed by atoms with Crippen LogP contribution in [-0.4, -0.2) is 5.91 Å². The number of carbonyl (C=O) groups is 1. The zero-order chi connectivity index (χ0) is 18.7. The summed E-state index contributed by atoms with van der Waals surface area (Å²) in [6.07, 6.45) is 0. The van der Waals surface area contributed by atoms with Crippen molar-refractivity contribution in [3.63, 3.8) is 0 Å². The average molecular weight is 385 g/mol. The van der Waals surface area contributed by atoms with Gasteiger partial charge in [-0.05, 0) is 61.4 Å². The molecule has 3 nitrogen and oxygen atoms in total. The first-order valence-corrected chi connectivity index (χ1v) is 8.90. The molecule has 0 bridgehead atoms. The zero-order valence-electron chi connectivity index (χ0n) is 14.4. The maximum atomic E-state index is 12.8. The van der Waals surface area contributed by atoms with Gasteiger partial charge in [0.25, 0.3) is 5.91 Å². The second kappa shape index (κ2) is 7.81. The highest BCUT2D eigenvalue weighted by Gasteiger charge is 2.14. The number of amides is 1. The number of aryl methyl sites for hydroxylation is 1. The Morgan fingerprint density at radius 1 is 0.846 bits per heavy atom. The van der Waals surface area contributed by atoms with Crippen LogP contribution in [0.25, 0.3) is 0 Å². The van der Waals surface area contributed by atoms with E-state index in [9.17, 15) is 4.79 Å². The summed E-state index contributed by atoms with van der Waals surface area (Å²) in [5.41, 5.74) is 5.06. The Morgan fingerprint density at radius 2 is 1.58 bits per heavy atom. The molecule has 0 aliphatic carbocycles. The minimum absolute atomic E-state index is 0.248. The molecule has 0 heterocycles. The Kier molecular flexibility index (Phi) is 5.50. The molecule has 3 rings (SSSR count). The van der Waals surface area contributed by atoms with Gasteiger partial charge >= 0.3 is 0 Å². The van der Waals surface area contributed by atoms with Crippen LogP contribution < -0.4 is 10.6 Å². The van der Waals surface area contributed by atoms with Gasteiger partial charge in [-0.1, -0.05) is 47.5 Å². The number of rotatable bonds is 4. The van der Waals surface area contributed by atoms with Crippen molar-refractivity contribution in [1.29, 1.82) is 0 Å². The van der Waals surface area contributed by atoms with Crippen molar-refractivity contribution in [3.8, 4) is 0 Å². The van der Waals surface area contributed by atoms with Crippen LogP contribution in [0.5, 0.6) is 0 Å². The summed E-state index contributed by atoms with van der Waals surface area (Å²) in [5.74, 6) is -0.248. The number of benzene rings is 3. The van der Waals surface area contributed by atoms with Crippen molar-refractivity contribution in [2.75, 3.05) is 10.6 Å². The van der Waals surface area contributed by atoms with Gasteiger partial charge in [0, 0.05) is 10.7 Å². The zero-order valence-corrected chi connectivity index (χ0v) is 15.9. The second-order valence-corrected chi connectivity index (χ2v) is 6.84. The van der Waals surface area contributed by atoms with Crippen LogP contribution in [0.15, 0.2) is 60.7 Å². The second-order valence-electron chi connectivity index (χ2n) is 6.00. The first-order valence-electron chi connectivity index (χ1n) is 8.14. The van der Waals surface area contributed by atoms with E-state index in [1.807, 2.05) is 37.3 Å². The number of hydrogen-bond donors (Lipinski definition) is 2. The number of halogens is 2. The van der Waals surface area contributed by atoms with Crippen molar-refractivity contribution in [1.82, 2.24) is 0 Å². The van der Waals surface area contributed by atoms with Crippen molar-refractivity contribution in [3.05, 3.63) is 87.4 Å². The molecule has 5 heteroatoms. The van der Waals surface area contributed by atoms with Crippen molar-refractivity contribution in [2.45, 2.75) is 13.8 Å². The lowest BCUT2D eigenvalue weighted by Gasteiger charge is -2.15. The molecule has 0 saturated carbocycles. The van der Waals surface area contributed by atoms with Gasteiger partial charge in [0.05, 0.1) is 22.0 Å². The topological polar surface area (TPSA) is 41.1 Å². The lowest BCUT2D eigenvalue weighted by Crippen LogP contribution is -2.14.